The van der Waals surface area contributed by atoms with Crippen LogP contribution in [0.25, 0.3) is 0 Å². The number of hydrogen-bond donors (Lipinski definition) is 1. The maximum absolute atomic E-state index is 11.0. The largest absolute Gasteiger partial charge is 0.381 e. The fraction of sp³-hybridized carbons (Fsp3) is 0.667. The van der Waals surface area contributed by atoms with E-state index < -0.39 is 0 Å². The number of hydrogen-bond acceptors (Lipinski definition) is 4. The van der Waals surface area contributed by atoms with E-state index in [2.05, 4.69) is 15.1 Å². The first-order valence-electron chi connectivity index (χ1n) is 6.24. The minimum atomic E-state index is 0.407. The smallest absolute Gasteiger partial charge is 0.170 e. The Morgan fingerprint density at radius 2 is 2.24 bits per heavy atom. The van der Waals surface area contributed by atoms with Crippen molar-refractivity contribution in [3.8, 4) is 0 Å². The van der Waals surface area contributed by atoms with Gasteiger partial charge >= 0.3 is 0 Å². The van der Waals surface area contributed by atoms with Crippen LogP contribution in [-0.2, 0) is 17.7 Å². The van der Waals surface area contributed by atoms with Gasteiger partial charge in [0.2, 0.25) is 0 Å². The second-order valence-electron chi connectivity index (χ2n) is 4.64. The number of nitrogens with zero attached hydrogens (tertiary/aromatic N) is 2. The Hall–Kier alpha value is -1.20. The normalized spacial score (nSPS) is 21.2. The molecule has 92 valence electrons. The molecule has 1 saturated heterocycles. The van der Waals surface area contributed by atoms with Crippen molar-refractivity contribution in [3.05, 3.63) is 17.0 Å². The van der Waals surface area contributed by atoms with Gasteiger partial charge in [0.25, 0.3) is 0 Å². The molecule has 3 heterocycles. The van der Waals surface area contributed by atoms with Crippen molar-refractivity contribution in [2.75, 3.05) is 19.8 Å². The molecule has 0 unspecified atom stereocenters. The first-order chi connectivity index (χ1) is 8.40. The Kier molecular flexibility index (Phi) is 2.94. The monoisotopic (exact) mass is 235 g/mol. The van der Waals surface area contributed by atoms with Crippen molar-refractivity contribution in [2.24, 2.45) is 0 Å². The molecule has 5 heteroatoms. The highest BCUT2D eigenvalue weighted by molar-refractivity contribution is 5.74. The Morgan fingerprint density at radius 3 is 3.00 bits per heavy atom. The zero-order valence-electron chi connectivity index (χ0n) is 9.82. The molecule has 0 atom stereocenters. The van der Waals surface area contributed by atoms with Gasteiger partial charge in [-0.25, -0.2) is 0 Å². The predicted molar refractivity (Wildman–Crippen MR) is 62.1 cm³/mol. The summed E-state index contributed by atoms with van der Waals surface area (Å²) >= 11 is 0. The van der Waals surface area contributed by atoms with Crippen LogP contribution in [0, 0.1) is 0 Å². The van der Waals surface area contributed by atoms with Crippen LogP contribution >= 0.6 is 0 Å². The topological polar surface area (TPSA) is 56.2 Å². The summed E-state index contributed by atoms with van der Waals surface area (Å²) < 4.78 is 7.46. The fourth-order valence-corrected chi connectivity index (χ4v) is 2.73. The number of rotatable bonds is 2. The number of nitrogens with one attached hydrogen (secondary N) is 1. The van der Waals surface area contributed by atoms with Crippen molar-refractivity contribution < 1.29 is 9.53 Å². The van der Waals surface area contributed by atoms with E-state index in [4.69, 9.17) is 4.74 Å². The van der Waals surface area contributed by atoms with Gasteiger partial charge in [0.15, 0.2) is 6.29 Å². The molecule has 0 aromatic carbocycles. The molecule has 1 fully saturated rings. The van der Waals surface area contributed by atoms with E-state index >= 15 is 0 Å². The number of fused-ring (bicyclic) bond motifs is 1. The highest BCUT2D eigenvalue weighted by Crippen LogP contribution is 2.26. The van der Waals surface area contributed by atoms with Crippen LogP contribution in [-0.4, -0.2) is 35.8 Å². The van der Waals surface area contributed by atoms with Crippen LogP contribution in [0.3, 0.4) is 0 Å². The van der Waals surface area contributed by atoms with Crippen molar-refractivity contribution in [1.82, 2.24) is 15.1 Å². The lowest BCUT2D eigenvalue weighted by molar-refractivity contribution is 0.0652. The maximum Gasteiger partial charge on any atom is 0.170 e. The molecule has 1 aromatic heterocycles. The zero-order valence-corrected chi connectivity index (χ0v) is 9.82. The molecule has 1 aromatic rings. The SMILES string of the molecule is O=Cc1nn(C2CCOCC2)c2c1CNCC2. The summed E-state index contributed by atoms with van der Waals surface area (Å²) in [5.41, 5.74) is 2.95. The molecule has 0 saturated carbocycles. The van der Waals surface area contributed by atoms with E-state index in [1.807, 2.05) is 0 Å². The van der Waals surface area contributed by atoms with Crippen LogP contribution in [0.1, 0.15) is 40.6 Å². The highest BCUT2D eigenvalue weighted by Gasteiger charge is 2.25. The van der Waals surface area contributed by atoms with Crippen molar-refractivity contribution in [1.29, 1.82) is 0 Å². The number of aromatic nitrogens is 2. The summed E-state index contributed by atoms with van der Waals surface area (Å²) in [4.78, 5) is 11.0. The second kappa shape index (κ2) is 4.58. The lowest BCUT2D eigenvalue weighted by atomic mass is 10.0. The minimum absolute atomic E-state index is 0.407. The first-order valence-corrected chi connectivity index (χ1v) is 6.24. The van der Waals surface area contributed by atoms with E-state index in [9.17, 15) is 4.79 Å². The van der Waals surface area contributed by atoms with Gasteiger partial charge in [0.1, 0.15) is 5.69 Å². The van der Waals surface area contributed by atoms with Gasteiger partial charge in [-0.05, 0) is 12.8 Å². The molecule has 2 aliphatic heterocycles. The molecular formula is C12H17N3O2. The van der Waals surface area contributed by atoms with Crippen LogP contribution < -0.4 is 5.32 Å². The Balaban J connectivity index is 1.97. The van der Waals surface area contributed by atoms with Crippen LogP contribution in [0.15, 0.2) is 0 Å². The van der Waals surface area contributed by atoms with E-state index in [1.54, 1.807) is 0 Å². The summed E-state index contributed by atoms with van der Waals surface area (Å²) in [6.45, 7) is 3.34. The molecule has 1 N–H and O–H groups in total. The summed E-state index contributed by atoms with van der Waals surface area (Å²) in [7, 11) is 0. The lowest BCUT2D eigenvalue weighted by Crippen LogP contribution is -2.28. The van der Waals surface area contributed by atoms with E-state index in [0.717, 1.165) is 57.4 Å². The standard InChI is InChI=1S/C12H17N3O2/c16-8-11-10-7-13-4-1-12(10)15(14-11)9-2-5-17-6-3-9/h8-9,13H,1-7H2. The van der Waals surface area contributed by atoms with Crippen molar-refractivity contribution in [3.63, 3.8) is 0 Å². The number of carbonyl (C=O) groups excluding carboxylic acids is 1. The molecule has 17 heavy (non-hydrogen) atoms. The lowest BCUT2D eigenvalue weighted by Gasteiger charge is -2.25. The molecular weight excluding hydrogens is 218 g/mol. The fourth-order valence-electron chi connectivity index (χ4n) is 2.73. The average Bonchev–Trinajstić information content (AvgIpc) is 2.78. The number of ether oxygens (including phenoxy) is 1. The van der Waals surface area contributed by atoms with E-state index in [0.29, 0.717) is 11.7 Å². The van der Waals surface area contributed by atoms with Crippen LogP contribution in [0.4, 0.5) is 0 Å². The van der Waals surface area contributed by atoms with Gasteiger partial charge in [-0.2, -0.15) is 5.10 Å². The molecule has 0 spiro atoms. The molecule has 0 bridgehead atoms. The Morgan fingerprint density at radius 1 is 1.41 bits per heavy atom. The molecule has 2 aliphatic rings. The van der Waals surface area contributed by atoms with Gasteiger partial charge in [-0.1, -0.05) is 0 Å². The third-order valence-electron chi connectivity index (χ3n) is 3.64. The third kappa shape index (κ3) is 1.89. The predicted octanol–water partition coefficient (Wildman–Crippen LogP) is 0.693. The van der Waals surface area contributed by atoms with Crippen LogP contribution in [0.5, 0.6) is 0 Å². The number of carbonyl (C=O) groups is 1. The van der Waals surface area contributed by atoms with Crippen LogP contribution in [0.2, 0.25) is 0 Å². The summed E-state index contributed by atoms with van der Waals surface area (Å²) in [6, 6.07) is 0.407. The molecule has 0 amide bonds. The van der Waals surface area contributed by atoms with Gasteiger partial charge in [0.05, 0.1) is 6.04 Å². The van der Waals surface area contributed by atoms with E-state index in [-0.39, 0.29) is 0 Å². The second-order valence-corrected chi connectivity index (χ2v) is 4.64. The van der Waals surface area contributed by atoms with Crippen molar-refractivity contribution >= 4 is 6.29 Å². The quantitative estimate of drug-likeness (QED) is 0.766. The minimum Gasteiger partial charge on any atom is -0.381 e. The molecule has 5 nitrogen and oxygen atoms in total. The Labute approximate surface area is 100 Å². The van der Waals surface area contributed by atoms with Gasteiger partial charge in [0, 0.05) is 44.0 Å². The summed E-state index contributed by atoms with van der Waals surface area (Å²) in [5.74, 6) is 0. The summed E-state index contributed by atoms with van der Waals surface area (Å²) in [5, 5.41) is 7.78. The highest BCUT2D eigenvalue weighted by atomic mass is 16.5. The zero-order chi connectivity index (χ0) is 11.7. The maximum atomic E-state index is 11.0. The number of aldehydes is 1. The van der Waals surface area contributed by atoms with Crippen molar-refractivity contribution in [2.45, 2.75) is 31.8 Å². The van der Waals surface area contributed by atoms with Gasteiger partial charge in [-0.15, -0.1) is 0 Å². The van der Waals surface area contributed by atoms with Gasteiger partial charge in [-0.3, -0.25) is 9.48 Å². The Bertz CT molecular complexity index is 422. The average molecular weight is 235 g/mol. The van der Waals surface area contributed by atoms with E-state index in [1.165, 1.54) is 5.69 Å². The van der Waals surface area contributed by atoms with Gasteiger partial charge < -0.3 is 10.1 Å². The summed E-state index contributed by atoms with van der Waals surface area (Å²) in [6.07, 6.45) is 3.84. The molecule has 0 radical (unpaired) electrons. The molecule has 0 aliphatic carbocycles. The molecule has 3 rings (SSSR count). The third-order valence-corrected chi connectivity index (χ3v) is 3.64. The first kappa shape index (κ1) is 10.9.